The zero-order chi connectivity index (χ0) is 12.7. The molecule has 1 aliphatic rings. The minimum absolute atomic E-state index is 0.0375. The average molecular weight is 243 g/mol. The number of nitrogens with one attached hydrogen (secondary N) is 1. The molecule has 0 aromatic carbocycles. The van der Waals surface area contributed by atoms with E-state index in [0.29, 0.717) is 18.9 Å². The Morgan fingerprint density at radius 2 is 2.41 bits per heavy atom. The van der Waals surface area contributed by atoms with Crippen LogP contribution in [0.25, 0.3) is 0 Å². The van der Waals surface area contributed by atoms with Crippen molar-refractivity contribution in [3.8, 4) is 0 Å². The van der Waals surface area contributed by atoms with Crippen molar-refractivity contribution in [2.24, 2.45) is 11.7 Å². The molecule has 5 nitrogen and oxygen atoms in total. The van der Waals surface area contributed by atoms with Gasteiger partial charge in [0.2, 0.25) is 5.91 Å². The lowest BCUT2D eigenvalue weighted by Gasteiger charge is -2.29. The molecule has 2 unspecified atom stereocenters. The van der Waals surface area contributed by atoms with Gasteiger partial charge in [-0.25, -0.2) is 0 Å². The number of hydrogen-bond acceptors (Lipinski definition) is 4. The molecule has 2 atom stereocenters. The zero-order valence-corrected chi connectivity index (χ0v) is 10.9. The number of likely N-dealkylation sites (tertiary alicyclic amines) is 1. The summed E-state index contributed by atoms with van der Waals surface area (Å²) in [6.45, 7) is 3.40. The highest BCUT2D eigenvalue weighted by molar-refractivity contribution is 5.76. The van der Waals surface area contributed by atoms with Crippen molar-refractivity contribution in [2.75, 3.05) is 40.3 Å². The number of piperidine rings is 1. The number of nitrogens with two attached hydrogens (primary N) is 1. The molecule has 1 heterocycles. The van der Waals surface area contributed by atoms with Crippen molar-refractivity contribution >= 4 is 5.91 Å². The van der Waals surface area contributed by atoms with Gasteiger partial charge < -0.3 is 20.7 Å². The highest BCUT2D eigenvalue weighted by Crippen LogP contribution is 2.13. The number of ether oxygens (including phenoxy) is 1. The molecule has 0 aromatic heterocycles. The predicted molar refractivity (Wildman–Crippen MR) is 67.7 cm³/mol. The summed E-state index contributed by atoms with van der Waals surface area (Å²) in [5.41, 5.74) is 5.48. The first kappa shape index (κ1) is 14.4. The van der Waals surface area contributed by atoms with E-state index in [1.165, 1.54) is 19.4 Å². The van der Waals surface area contributed by atoms with Crippen LogP contribution in [0.4, 0.5) is 0 Å². The summed E-state index contributed by atoms with van der Waals surface area (Å²) in [7, 11) is 3.71. The third kappa shape index (κ3) is 5.48. The fourth-order valence-corrected chi connectivity index (χ4v) is 2.24. The Morgan fingerprint density at radius 1 is 1.65 bits per heavy atom. The van der Waals surface area contributed by atoms with E-state index in [9.17, 15) is 4.79 Å². The molecule has 0 aromatic rings. The van der Waals surface area contributed by atoms with Crippen LogP contribution in [0.5, 0.6) is 0 Å². The largest absolute Gasteiger partial charge is 0.380 e. The minimum atomic E-state index is -0.163. The summed E-state index contributed by atoms with van der Waals surface area (Å²) in [6, 6.07) is 0. The van der Waals surface area contributed by atoms with Crippen LogP contribution in [0.3, 0.4) is 0 Å². The minimum Gasteiger partial charge on any atom is -0.380 e. The van der Waals surface area contributed by atoms with Gasteiger partial charge >= 0.3 is 0 Å². The fourth-order valence-electron chi connectivity index (χ4n) is 2.24. The van der Waals surface area contributed by atoms with E-state index in [4.69, 9.17) is 10.5 Å². The van der Waals surface area contributed by atoms with Crippen LogP contribution in [0, 0.1) is 5.92 Å². The summed E-state index contributed by atoms with van der Waals surface area (Å²) in [4.78, 5) is 14.0. The molecule has 0 bridgehead atoms. The van der Waals surface area contributed by atoms with Gasteiger partial charge in [-0.15, -0.1) is 0 Å². The standard InChI is InChI=1S/C12H25N3O2/c1-15-5-3-4-10(9-15)8-14-12(16)6-11(7-13)17-2/h10-11H,3-9,13H2,1-2H3,(H,14,16). The molecule has 1 rings (SSSR count). The fraction of sp³-hybridized carbons (Fsp3) is 0.917. The van der Waals surface area contributed by atoms with Crippen LogP contribution >= 0.6 is 0 Å². The predicted octanol–water partition coefficient (Wildman–Crippen LogP) is -0.192. The molecular weight excluding hydrogens is 218 g/mol. The van der Waals surface area contributed by atoms with Gasteiger partial charge in [-0.3, -0.25) is 4.79 Å². The normalized spacial score (nSPS) is 23.4. The molecule has 1 aliphatic heterocycles. The molecule has 0 spiro atoms. The van der Waals surface area contributed by atoms with E-state index < -0.39 is 0 Å². The summed E-state index contributed by atoms with van der Waals surface area (Å²) in [6.07, 6.45) is 2.62. The molecule has 0 radical (unpaired) electrons. The van der Waals surface area contributed by atoms with E-state index in [1.54, 1.807) is 7.11 Å². The number of nitrogens with zero attached hydrogens (tertiary/aromatic N) is 1. The quantitative estimate of drug-likeness (QED) is 0.678. The van der Waals surface area contributed by atoms with Gasteiger partial charge in [0.15, 0.2) is 0 Å². The number of methoxy groups -OCH3 is 1. The Hall–Kier alpha value is -0.650. The molecular formula is C12H25N3O2. The molecule has 3 N–H and O–H groups in total. The van der Waals surface area contributed by atoms with Crippen LogP contribution in [0.1, 0.15) is 19.3 Å². The van der Waals surface area contributed by atoms with Gasteiger partial charge in [0.1, 0.15) is 0 Å². The van der Waals surface area contributed by atoms with Crippen LogP contribution in [0.15, 0.2) is 0 Å². The zero-order valence-electron chi connectivity index (χ0n) is 10.9. The lowest BCUT2D eigenvalue weighted by molar-refractivity contribution is -0.123. The second kappa shape index (κ2) is 7.63. The topological polar surface area (TPSA) is 67.6 Å². The van der Waals surface area contributed by atoms with Crippen molar-refractivity contribution in [3.63, 3.8) is 0 Å². The highest BCUT2D eigenvalue weighted by Gasteiger charge is 2.18. The summed E-state index contributed by atoms with van der Waals surface area (Å²) in [5, 5.41) is 2.97. The van der Waals surface area contributed by atoms with E-state index in [-0.39, 0.29) is 12.0 Å². The average Bonchev–Trinajstić information content (AvgIpc) is 2.33. The molecule has 1 fully saturated rings. The number of hydrogen-bond donors (Lipinski definition) is 2. The van der Waals surface area contributed by atoms with Crippen molar-refractivity contribution in [3.05, 3.63) is 0 Å². The van der Waals surface area contributed by atoms with Gasteiger partial charge in [-0.1, -0.05) is 0 Å². The third-order valence-corrected chi connectivity index (χ3v) is 3.32. The first-order valence-electron chi connectivity index (χ1n) is 6.33. The molecule has 1 saturated heterocycles. The molecule has 0 aliphatic carbocycles. The Kier molecular flexibility index (Phi) is 6.47. The van der Waals surface area contributed by atoms with Crippen LogP contribution in [-0.4, -0.2) is 57.2 Å². The lowest BCUT2D eigenvalue weighted by Crippen LogP contribution is -2.40. The van der Waals surface area contributed by atoms with Gasteiger partial charge in [0, 0.05) is 26.7 Å². The number of amides is 1. The first-order chi connectivity index (χ1) is 8.15. The van der Waals surface area contributed by atoms with Crippen molar-refractivity contribution < 1.29 is 9.53 Å². The summed E-state index contributed by atoms with van der Waals surface area (Å²) < 4.78 is 5.08. The van der Waals surface area contributed by atoms with Crippen molar-refractivity contribution in [2.45, 2.75) is 25.4 Å². The van der Waals surface area contributed by atoms with Gasteiger partial charge in [0.25, 0.3) is 0 Å². The maximum absolute atomic E-state index is 11.6. The Balaban J connectivity index is 2.18. The summed E-state index contributed by atoms with van der Waals surface area (Å²) >= 11 is 0. The second-order valence-corrected chi connectivity index (χ2v) is 4.87. The van der Waals surface area contributed by atoms with Gasteiger partial charge in [-0.2, -0.15) is 0 Å². The maximum Gasteiger partial charge on any atom is 0.222 e. The second-order valence-electron chi connectivity index (χ2n) is 4.87. The van der Waals surface area contributed by atoms with Crippen molar-refractivity contribution in [1.82, 2.24) is 10.2 Å². The Labute approximate surface area is 104 Å². The van der Waals surface area contributed by atoms with Gasteiger partial charge in [0.05, 0.1) is 12.5 Å². The first-order valence-corrected chi connectivity index (χ1v) is 6.33. The van der Waals surface area contributed by atoms with Crippen LogP contribution in [0.2, 0.25) is 0 Å². The van der Waals surface area contributed by atoms with Crippen LogP contribution in [-0.2, 0) is 9.53 Å². The summed E-state index contributed by atoms with van der Waals surface area (Å²) in [5.74, 6) is 0.618. The third-order valence-electron chi connectivity index (χ3n) is 3.32. The maximum atomic E-state index is 11.6. The molecule has 17 heavy (non-hydrogen) atoms. The van der Waals surface area contributed by atoms with E-state index in [1.807, 2.05) is 0 Å². The number of rotatable bonds is 6. The molecule has 1 amide bonds. The Bertz CT molecular complexity index is 232. The van der Waals surface area contributed by atoms with Crippen molar-refractivity contribution in [1.29, 1.82) is 0 Å². The van der Waals surface area contributed by atoms with E-state index in [2.05, 4.69) is 17.3 Å². The smallest absolute Gasteiger partial charge is 0.222 e. The molecule has 0 saturated carbocycles. The SMILES string of the molecule is COC(CN)CC(=O)NCC1CCCN(C)C1. The number of carbonyl (C=O) groups excluding carboxylic acids is 1. The van der Waals surface area contributed by atoms with E-state index in [0.717, 1.165) is 13.1 Å². The molecule has 5 heteroatoms. The lowest BCUT2D eigenvalue weighted by atomic mass is 9.98. The van der Waals surface area contributed by atoms with E-state index >= 15 is 0 Å². The number of carbonyl (C=O) groups is 1. The monoisotopic (exact) mass is 243 g/mol. The Morgan fingerprint density at radius 3 is 3.00 bits per heavy atom. The van der Waals surface area contributed by atoms with Crippen LogP contribution < -0.4 is 11.1 Å². The van der Waals surface area contributed by atoms with Gasteiger partial charge in [-0.05, 0) is 32.4 Å². The highest BCUT2D eigenvalue weighted by atomic mass is 16.5. The molecule has 100 valence electrons.